The maximum atomic E-state index is 4.45. The number of halogens is 1. The number of nitrogens with zero attached hydrogens (tertiary/aromatic N) is 2. The second kappa shape index (κ2) is 5.88. The van der Waals surface area contributed by atoms with Crippen molar-refractivity contribution in [3.8, 4) is 0 Å². The Hall–Kier alpha value is -1.13. The van der Waals surface area contributed by atoms with Gasteiger partial charge in [-0.25, -0.2) is 0 Å². The van der Waals surface area contributed by atoms with Crippen molar-refractivity contribution in [2.45, 2.75) is 33.4 Å². The third-order valence-corrected chi connectivity index (χ3v) is 4.34. The van der Waals surface area contributed by atoms with Gasteiger partial charge in [0.1, 0.15) is 0 Å². The van der Waals surface area contributed by atoms with Crippen LogP contribution in [0.15, 0.2) is 28.7 Å². The van der Waals surface area contributed by atoms with Crippen molar-refractivity contribution in [1.82, 2.24) is 15.1 Å². The molecule has 102 valence electrons. The van der Waals surface area contributed by atoms with Gasteiger partial charge in [0.15, 0.2) is 0 Å². The Morgan fingerprint density at radius 2 is 2.00 bits per heavy atom. The molecule has 0 saturated carbocycles. The quantitative estimate of drug-likeness (QED) is 0.931. The minimum absolute atomic E-state index is 0.301. The van der Waals surface area contributed by atoms with Crippen molar-refractivity contribution in [3.63, 3.8) is 0 Å². The van der Waals surface area contributed by atoms with Crippen LogP contribution in [0.2, 0.25) is 0 Å². The van der Waals surface area contributed by atoms with E-state index in [-0.39, 0.29) is 0 Å². The molecule has 2 rings (SSSR count). The van der Waals surface area contributed by atoms with Crippen molar-refractivity contribution >= 4 is 15.9 Å². The first-order chi connectivity index (χ1) is 9.00. The van der Waals surface area contributed by atoms with Gasteiger partial charge in [-0.2, -0.15) is 5.10 Å². The third kappa shape index (κ3) is 3.07. The SMILES string of the molecule is Cc1nn(C)c(C)c1CNC(C)c1ccccc1Br. The van der Waals surface area contributed by atoms with Gasteiger partial charge in [0.25, 0.3) is 0 Å². The molecule has 1 heterocycles. The molecule has 3 nitrogen and oxygen atoms in total. The molecule has 1 atom stereocenters. The van der Waals surface area contributed by atoms with Crippen LogP contribution >= 0.6 is 15.9 Å². The highest BCUT2D eigenvalue weighted by Gasteiger charge is 2.12. The Bertz CT molecular complexity index is 575. The van der Waals surface area contributed by atoms with E-state index in [0.29, 0.717) is 6.04 Å². The van der Waals surface area contributed by atoms with E-state index in [1.54, 1.807) is 0 Å². The summed E-state index contributed by atoms with van der Waals surface area (Å²) in [4.78, 5) is 0. The van der Waals surface area contributed by atoms with Crippen molar-refractivity contribution in [2.24, 2.45) is 7.05 Å². The molecule has 19 heavy (non-hydrogen) atoms. The van der Waals surface area contributed by atoms with Gasteiger partial charge < -0.3 is 5.32 Å². The predicted molar refractivity (Wildman–Crippen MR) is 82.1 cm³/mol. The minimum atomic E-state index is 0.301. The summed E-state index contributed by atoms with van der Waals surface area (Å²) in [6, 6.07) is 8.63. The molecule has 0 fully saturated rings. The zero-order valence-electron chi connectivity index (χ0n) is 11.9. The molecule has 4 heteroatoms. The van der Waals surface area contributed by atoms with E-state index >= 15 is 0 Å². The number of aryl methyl sites for hydroxylation is 2. The van der Waals surface area contributed by atoms with Crippen LogP contribution < -0.4 is 5.32 Å². The van der Waals surface area contributed by atoms with Gasteiger partial charge in [-0.15, -0.1) is 0 Å². The summed E-state index contributed by atoms with van der Waals surface area (Å²) in [6.45, 7) is 7.20. The highest BCUT2D eigenvalue weighted by atomic mass is 79.9. The second-order valence-corrected chi connectivity index (χ2v) is 5.75. The summed E-state index contributed by atoms with van der Waals surface area (Å²) in [5, 5.41) is 8.01. The van der Waals surface area contributed by atoms with E-state index in [2.05, 4.69) is 65.3 Å². The molecule has 0 saturated heterocycles. The molecular weight excluding hydrogens is 302 g/mol. The van der Waals surface area contributed by atoms with Crippen LogP contribution in [0.3, 0.4) is 0 Å². The Balaban J connectivity index is 2.09. The lowest BCUT2D eigenvalue weighted by Gasteiger charge is -2.16. The highest BCUT2D eigenvalue weighted by molar-refractivity contribution is 9.10. The average Bonchev–Trinajstić information content (AvgIpc) is 2.61. The number of benzene rings is 1. The topological polar surface area (TPSA) is 29.9 Å². The Kier molecular flexibility index (Phi) is 4.42. The summed E-state index contributed by atoms with van der Waals surface area (Å²) in [5.74, 6) is 0. The Morgan fingerprint density at radius 1 is 1.32 bits per heavy atom. The summed E-state index contributed by atoms with van der Waals surface area (Å²) >= 11 is 3.60. The molecule has 0 aliphatic heterocycles. The van der Waals surface area contributed by atoms with Gasteiger partial charge in [0.05, 0.1) is 5.69 Å². The Labute approximate surface area is 123 Å². The largest absolute Gasteiger partial charge is 0.306 e. The Morgan fingerprint density at radius 3 is 2.58 bits per heavy atom. The van der Waals surface area contributed by atoms with Crippen molar-refractivity contribution < 1.29 is 0 Å². The molecule has 1 aromatic heterocycles. The lowest BCUT2D eigenvalue weighted by molar-refractivity contribution is 0.569. The molecule has 2 aromatic rings. The highest BCUT2D eigenvalue weighted by Crippen LogP contribution is 2.23. The van der Waals surface area contributed by atoms with Gasteiger partial charge >= 0.3 is 0 Å². The van der Waals surface area contributed by atoms with Gasteiger partial charge in [-0.1, -0.05) is 34.1 Å². The monoisotopic (exact) mass is 321 g/mol. The summed E-state index contributed by atoms with van der Waals surface area (Å²) < 4.78 is 3.09. The number of aromatic nitrogens is 2. The average molecular weight is 322 g/mol. The molecule has 1 unspecified atom stereocenters. The molecule has 0 radical (unpaired) electrons. The normalized spacial score (nSPS) is 12.7. The number of hydrogen-bond donors (Lipinski definition) is 1. The van der Waals surface area contributed by atoms with E-state index < -0.39 is 0 Å². The van der Waals surface area contributed by atoms with E-state index in [4.69, 9.17) is 0 Å². The third-order valence-electron chi connectivity index (χ3n) is 3.62. The molecule has 0 spiro atoms. The van der Waals surface area contributed by atoms with Crippen LogP contribution in [0.25, 0.3) is 0 Å². The maximum absolute atomic E-state index is 4.45. The fourth-order valence-electron chi connectivity index (χ4n) is 2.26. The van der Waals surface area contributed by atoms with Crippen LogP contribution in [0.4, 0.5) is 0 Å². The zero-order chi connectivity index (χ0) is 14.0. The fraction of sp³-hybridized carbons (Fsp3) is 0.400. The van der Waals surface area contributed by atoms with Crippen LogP contribution in [0.5, 0.6) is 0 Å². The van der Waals surface area contributed by atoms with Gasteiger partial charge in [-0.3, -0.25) is 4.68 Å². The van der Waals surface area contributed by atoms with Crippen LogP contribution in [0.1, 0.15) is 35.5 Å². The molecular formula is C15H20BrN3. The first-order valence-corrected chi connectivity index (χ1v) is 7.27. The molecule has 0 aliphatic carbocycles. The lowest BCUT2D eigenvalue weighted by Crippen LogP contribution is -2.19. The smallest absolute Gasteiger partial charge is 0.0641 e. The zero-order valence-corrected chi connectivity index (χ0v) is 13.5. The van der Waals surface area contributed by atoms with Crippen molar-refractivity contribution in [2.75, 3.05) is 0 Å². The second-order valence-electron chi connectivity index (χ2n) is 4.90. The van der Waals surface area contributed by atoms with Crippen molar-refractivity contribution in [3.05, 3.63) is 51.3 Å². The van der Waals surface area contributed by atoms with E-state index in [1.165, 1.54) is 16.8 Å². The fourth-order valence-corrected chi connectivity index (χ4v) is 2.89. The minimum Gasteiger partial charge on any atom is -0.306 e. The molecule has 1 N–H and O–H groups in total. The molecule has 1 aromatic carbocycles. The van der Waals surface area contributed by atoms with E-state index in [0.717, 1.165) is 16.7 Å². The van der Waals surface area contributed by atoms with Crippen molar-refractivity contribution in [1.29, 1.82) is 0 Å². The number of hydrogen-bond acceptors (Lipinski definition) is 2. The molecule has 0 amide bonds. The van der Waals surface area contributed by atoms with Crippen LogP contribution in [-0.2, 0) is 13.6 Å². The molecule has 0 bridgehead atoms. The van der Waals surface area contributed by atoms with Crippen LogP contribution in [0, 0.1) is 13.8 Å². The van der Waals surface area contributed by atoms with Crippen LogP contribution in [-0.4, -0.2) is 9.78 Å². The van der Waals surface area contributed by atoms with Gasteiger partial charge in [0.2, 0.25) is 0 Å². The standard InChI is InChI=1S/C15H20BrN3/c1-10(13-7-5-6-8-15(13)16)17-9-14-11(2)18-19(4)12(14)3/h5-8,10,17H,9H2,1-4H3. The predicted octanol–water partition coefficient (Wildman–Crippen LogP) is 3.65. The van der Waals surface area contributed by atoms with E-state index in [1.807, 2.05) is 17.8 Å². The molecule has 0 aliphatic rings. The number of rotatable bonds is 4. The maximum Gasteiger partial charge on any atom is 0.0641 e. The lowest BCUT2D eigenvalue weighted by atomic mass is 10.1. The summed E-state index contributed by atoms with van der Waals surface area (Å²) in [7, 11) is 1.99. The summed E-state index contributed by atoms with van der Waals surface area (Å²) in [5.41, 5.74) is 4.90. The van der Waals surface area contributed by atoms with Gasteiger partial charge in [-0.05, 0) is 32.4 Å². The first-order valence-electron chi connectivity index (χ1n) is 6.47. The summed E-state index contributed by atoms with van der Waals surface area (Å²) in [6.07, 6.45) is 0. The van der Waals surface area contributed by atoms with Gasteiger partial charge in [0, 0.05) is 35.4 Å². The first kappa shape index (κ1) is 14.3. The van der Waals surface area contributed by atoms with E-state index in [9.17, 15) is 0 Å². The number of nitrogens with one attached hydrogen (secondary N) is 1.